The van der Waals surface area contributed by atoms with E-state index in [-0.39, 0.29) is 11.8 Å². The number of halogens is 3. The molecule has 0 bridgehead atoms. The zero-order valence-corrected chi connectivity index (χ0v) is 11.1. The van der Waals surface area contributed by atoms with Crippen molar-refractivity contribution >= 4 is 11.8 Å². The molecule has 1 aromatic heterocycles. The van der Waals surface area contributed by atoms with Gasteiger partial charge < -0.3 is 9.80 Å². The summed E-state index contributed by atoms with van der Waals surface area (Å²) in [5.74, 6) is 5.15. The second-order valence-electron chi connectivity index (χ2n) is 4.50. The third kappa shape index (κ3) is 3.28. The van der Waals surface area contributed by atoms with E-state index in [4.69, 9.17) is 5.84 Å². The number of aromatic nitrogens is 2. The highest BCUT2D eigenvalue weighted by Gasteiger charge is 2.34. The van der Waals surface area contributed by atoms with Crippen LogP contribution in [0, 0.1) is 0 Å². The van der Waals surface area contributed by atoms with Crippen LogP contribution in [0.2, 0.25) is 0 Å². The fourth-order valence-corrected chi connectivity index (χ4v) is 2.10. The predicted octanol–water partition coefficient (Wildman–Crippen LogP) is 0.923. The number of anilines is 2. The molecule has 1 aromatic rings. The fraction of sp³-hybridized carbons (Fsp3) is 0.636. The predicted molar refractivity (Wildman–Crippen MR) is 69.2 cm³/mol. The highest BCUT2D eigenvalue weighted by molar-refractivity contribution is 5.45. The van der Waals surface area contributed by atoms with Gasteiger partial charge in [-0.25, -0.2) is 10.8 Å². The fourth-order valence-electron chi connectivity index (χ4n) is 2.10. The Morgan fingerprint density at radius 3 is 2.40 bits per heavy atom. The quantitative estimate of drug-likeness (QED) is 0.637. The van der Waals surface area contributed by atoms with Gasteiger partial charge in [-0.15, -0.1) is 0 Å². The molecule has 1 saturated heterocycles. The standard InChI is InChI=1S/C11H17F3N6/c1-2-19-3-5-20(6-4-19)9-7-8(11(12,13)14)16-10(17-9)18-15/h7H,2-6,15H2,1H3,(H,16,17,18). The van der Waals surface area contributed by atoms with Crippen molar-refractivity contribution in [2.45, 2.75) is 13.1 Å². The van der Waals surface area contributed by atoms with E-state index in [1.54, 1.807) is 0 Å². The van der Waals surface area contributed by atoms with Crippen LogP contribution in [0.15, 0.2) is 6.07 Å². The Morgan fingerprint density at radius 1 is 1.25 bits per heavy atom. The van der Waals surface area contributed by atoms with Crippen LogP contribution in [-0.2, 0) is 6.18 Å². The van der Waals surface area contributed by atoms with Gasteiger partial charge in [0.1, 0.15) is 5.82 Å². The van der Waals surface area contributed by atoms with Gasteiger partial charge in [0.15, 0.2) is 5.69 Å². The number of hydrazine groups is 1. The summed E-state index contributed by atoms with van der Waals surface area (Å²) in [6.45, 7) is 5.85. The minimum absolute atomic E-state index is 0.229. The van der Waals surface area contributed by atoms with E-state index >= 15 is 0 Å². The number of hydrogen-bond acceptors (Lipinski definition) is 6. The maximum Gasteiger partial charge on any atom is 0.433 e. The average molecular weight is 290 g/mol. The van der Waals surface area contributed by atoms with Crippen LogP contribution in [0.1, 0.15) is 12.6 Å². The molecular weight excluding hydrogens is 273 g/mol. The number of nitrogen functional groups attached to an aromatic ring is 1. The first-order valence-corrected chi connectivity index (χ1v) is 6.34. The zero-order valence-electron chi connectivity index (χ0n) is 11.1. The van der Waals surface area contributed by atoms with Gasteiger partial charge in [-0.1, -0.05) is 6.92 Å². The normalized spacial score (nSPS) is 17.4. The van der Waals surface area contributed by atoms with Gasteiger partial charge in [-0.2, -0.15) is 18.2 Å². The lowest BCUT2D eigenvalue weighted by atomic mass is 10.3. The number of nitrogens with one attached hydrogen (secondary N) is 1. The van der Waals surface area contributed by atoms with Crippen molar-refractivity contribution in [3.63, 3.8) is 0 Å². The lowest BCUT2D eigenvalue weighted by molar-refractivity contribution is -0.141. The van der Waals surface area contributed by atoms with E-state index in [1.807, 2.05) is 4.90 Å². The Balaban J connectivity index is 2.23. The van der Waals surface area contributed by atoms with Crippen LogP contribution in [-0.4, -0.2) is 47.6 Å². The summed E-state index contributed by atoms with van der Waals surface area (Å²) < 4.78 is 38.3. The monoisotopic (exact) mass is 290 g/mol. The highest BCUT2D eigenvalue weighted by atomic mass is 19.4. The first-order chi connectivity index (χ1) is 9.44. The molecule has 112 valence electrons. The number of alkyl halides is 3. The Hall–Kier alpha value is -1.61. The number of nitrogens with two attached hydrogens (primary N) is 1. The number of likely N-dealkylation sites (N-methyl/N-ethyl adjacent to an activating group) is 1. The minimum Gasteiger partial charge on any atom is -0.354 e. The summed E-state index contributed by atoms with van der Waals surface area (Å²) in [6.07, 6.45) is -4.52. The second kappa shape index (κ2) is 5.80. The Morgan fingerprint density at radius 2 is 1.90 bits per heavy atom. The molecule has 0 atom stereocenters. The summed E-state index contributed by atoms with van der Waals surface area (Å²) in [6, 6.07) is 0.961. The van der Waals surface area contributed by atoms with E-state index < -0.39 is 11.9 Å². The van der Waals surface area contributed by atoms with Crippen LogP contribution in [0.25, 0.3) is 0 Å². The molecule has 0 radical (unpaired) electrons. The Kier molecular flexibility index (Phi) is 4.29. The second-order valence-corrected chi connectivity index (χ2v) is 4.50. The number of piperazine rings is 1. The van der Waals surface area contributed by atoms with E-state index in [1.165, 1.54) is 0 Å². The third-order valence-electron chi connectivity index (χ3n) is 3.28. The van der Waals surface area contributed by atoms with Gasteiger partial charge in [0.2, 0.25) is 5.95 Å². The van der Waals surface area contributed by atoms with Crippen LogP contribution in [0.5, 0.6) is 0 Å². The number of hydrogen-bond donors (Lipinski definition) is 2. The van der Waals surface area contributed by atoms with Gasteiger partial charge in [-0.05, 0) is 6.54 Å². The molecule has 3 N–H and O–H groups in total. The summed E-state index contributed by atoms with van der Waals surface area (Å²) in [4.78, 5) is 11.4. The third-order valence-corrected chi connectivity index (χ3v) is 3.28. The summed E-state index contributed by atoms with van der Waals surface area (Å²) in [7, 11) is 0. The first-order valence-electron chi connectivity index (χ1n) is 6.34. The zero-order chi connectivity index (χ0) is 14.8. The van der Waals surface area contributed by atoms with E-state index in [9.17, 15) is 13.2 Å². The lowest BCUT2D eigenvalue weighted by Crippen LogP contribution is -2.46. The van der Waals surface area contributed by atoms with Crippen molar-refractivity contribution in [2.24, 2.45) is 5.84 Å². The summed E-state index contributed by atoms with van der Waals surface area (Å²) in [5.41, 5.74) is 1.09. The minimum atomic E-state index is -4.52. The van der Waals surface area contributed by atoms with Gasteiger partial charge in [-0.3, -0.25) is 5.43 Å². The van der Waals surface area contributed by atoms with Crippen molar-refractivity contribution < 1.29 is 13.2 Å². The molecule has 6 nitrogen and oxygen atoms in total. The summed E-state index contributed by atoms with van der Waals surface area (Å²) in [5, 5.41) is 0. The molecule has 2 heterocycles. The maximum atomic E-state index is 12.8. The average Bonchev–Trinajstić information content (AvgIpc) is 2.46. The molecule has 1 aliphatic rings. The molecular formula is C11H17F3N6. The molecule has 0 saturated carbocycles. The van der Waals surface area contributed by atoms with Gasteiger partial charge in [0, 0.05) is 32.2 Å². The van der Waals surface area contributed by atoms with Crippen LogP contribution in [0.3, 0.4) is 0 Å². The van der Waals surface area contributed by atoms with E-state index in [0.717, 1.165) is 25.7 Å². The van der Waals surface area contributed by atoms with Gasteiger partial charge in [0.25, 0.3) is 0 Å². The van der Waals surface area contributed by atoms with Crippen LogP contribution >= 0.6 is 0 Å². The molecule has 0 aromatic carbocycles. The molecule has 0 aliphatic carbocycles. The summed E-state index contributed by atoms with van der Waals surface area (Å²) >= 11 is 0. The smallest absolute Gasteiger partial charge is 0.354 e. The van der Waals surface area contributed by atoms with Crippen LogP contribution < -0.4 is 16.2 Å². The first kappa shape index (κ1) is 14.8. The lowest BCUT2D eigenvalue weighted by Gasteiger charge is -2.34. The van der Waals surface area contributed by atoms with E-state index in [0.29, 0.717) is 13.1 Å². The van der Waals surface area contributed by atoms with Crippen molar-refractivity contribution in [1.82, 2.24) is 14.9 Å². The largest absolute Gasteiger partial charge is 0.433 e. The number of rotatable bonds is 3. The molecule has 9 heteroatoms. The van der Waals surface area contributed by atoms with Gasteiger partial charge in [0.05, 0.1) is 0 Å². The maximum absolute atomic E-state index is 12.8. The molecule has 0 amide bonds. The van der Waals surface area contributed by atoms with E-state index in [2.05, 4.69) is 27.2 Å². The van der Waals surface area contributed by atoms with Crippen LogP contribution in [0.4, 0.5) is 24.9 Å². The SMILES string of the molecule is CCN1CCN(c2cc(C(F)(F)F)nc(NN)n2)CC1. The number of nitrogens with zero attached hydrogens (tertiary/aromatic N) is 4. The van der Waals surface area contributed by atoms with Crippen molar-refractivity contribution in [2.75, 3.05) is 43.0 Å². The van der Waals surface area contributed by atoms with Crippen molar-refractivity contribution in [3.8, 4) is 0 Å². The molecule has 0 unspecified atom stereocenters. The highest BCUT2D eigenvalue weighted by Crippen LogP contribution is 2.30. The Bertz CT molecular complexity index is 456. The molecule has 20 heavy (non-hydrogen) atoms. The molecule has 1 aliphatic heterocycles. The van der Waals surface area contributed by atoms with Crippen molar-refractivity contribution in [3.05, 3.63) is 11.8 Å². The molecule has 0 spiro atoms. The molecule has 2 rings (SSSR count). The van der Waals surface area contributed by atoms with Crippen molar-refractivity contribution in [1.29, 1.82) is 0 Å². The topological polar surface area (TPSA) is 70.3 Å². The van der Waals surface area contributed by atoms with Gasteiger partial charge >= 0.3 is 6.18 Å². The molecule has 1 fully saturated rings. The Labute approximate surface area is 114 Å².